The van der Waals surface area contributed by atoms with Crippen LogP contribution in [-0.2, 0) is 17.6 Å². The summed E-state index contributed by atoms with van der Waals surface area (Å²) in [6, 6.07) is 6.34. The van der Waals surface area contributed by atoms with Crippen molar-refractivity contribution < 1.29 is 9.53 Å². The Bertz CT molecular complexity index is 444. The fourth-order valence-electron chi connectivity index (χ4n) is 2.39. The van der Waals surface area contributed by atoms with E-state index < -0.39 is 0 Å². The molecule has 4 heteroatoms. The molecular formula is C15H22N2O2. The Morgan fingerprint density at radius 2 is 2.05 bits per heavy atom. The molecule has 1 amide bonds. The number of ether oxygens (including phenoxy) is 1. The van der Waals surface area contributed by atoms with Gasteiger partial charge < -0.3 is 4.74 Å². The van der Waals surface area contributed by atoms with Crippen LogP contribution in [0.2, 0.25) is 0 Å². The molecule has 0 aliphatic heterocycles. The van der Waals surface area contributed by atoms with Gasteiger partial charge in [0.15, 0.2) is 0 Å². The Morgan fingerprint density at radius 1 is 1.32 bits per heavy atom. The lowest BCUT2D eigenvalue weighted by Gasteiger charge is -2.17. The highest BCUT2D eigenvalue weighted by Crippen LogP contribution is 2.25. The van der Waals surface area contributed by atoms with Crippen LogP contribution >= 0.6 is 0 Å². The van der Waals surface area contributed by atoms with E-state index in [4.69, 9.17) is 10.6 Å². The van der Waals surface area contributed by atoms with Crippen molar-refractivity contribution in [3.05, 3.63) is 29.3 Å². The van der Waals surface area contributed by atoms with Gasteiger partial charge in [-0.1, -0.05) is 6.07 Å². The molecule has 2 rings (SSSR count). The van der Waals surface area contributed by atoms with Crippen LogP contribution in [0.1, 0.15) is 36.8 Å². The van der Waals surface area contributed by atoms with Gasteiger partial charge in [0.05, 0.1) is 6.61 Å². The molecule has 1 aliphatic carbocycles. The summed E-state index contributed by atoms with van der Waals surface area (Å²) in [6.07, 6.45) is 6.03. The minimum atomic E-state index is -0.0611. The van der Waals surface area contributed by atoms with Crippen molar-refractivity contribution in [3.8, 4) is 5.75 Å². The molecule has 0 fully saturated rings. The number of aryl methyl sites for hydroxylation is 2. The molecule has 0 radical (unpaired) electrons. The Balaban J connectivity index is 1.79. The maximum atomic E-state index is 11.3. The number of hydrazine groups is 1. The van der Waals surface area contributed by atoms with E-state index in [1.54, 1.807) is 7.05 Å². The fraction of sp³-hybridized carbons (Fsp3) is 0.533. The number of fused-ring (bicyclic) bond motifs is 1. The average Bonchev–Trinajstić information content (AvgIpc) is 2.43. The second-order valence-corrected chi connectivity index (χ2v) is 5.09. The molecule has 104 valence electrons. The molecular weight excluding hydrogens is 240 g/mol. The summed E-state index contributed by atoms with van der Waals surface area (Å²) in [5, 5.41) is 1.12. The lowest BCUT2D eigenvalue weighted by Crippen LogP contribution is -2.33. The van der Waals surface area contributed by atoms with E-state index in [0.29, 0.717) is 19.4 Å². The molecule has 2 N–H and O–H groups in total. The fourth-order valence-corrected chi connectivity index (χ4v) is 2.39. The van der Waals surface area contributed by atoms with E-state index >= 15 is 0 Å². The monoisotopic (exact) mass is 262 g/mol. The standard InChI is InChI=1S/C15H22N2O2/c1-17(16)15(18)7-4-10-19-14-9-8-12-5-2-3-6-13(12)11-14/h8-9,11H,2-7,10,16H2,1H3. The van der Waals surface area contributed by atoms with E-state index in [2.05, 4.69) is 12.1 Å². The van der Waals surface area contributed by atoms with Crippen molar-refractivity contribution in [2.75, 3.05) is 13.7 Å². The van der Waals surface area contributed by atoms with Gasteiger partial charge in [-0.25, -0.2) is 5.84 Å². The van der Waals surface area contributed by atoms with E-state index in [0.717, 1.165) is 17.2 Å². The summed E-state index contributed by atoms with van der Waals surface area (Å²) in [5.74, 6) is 6.20. The number of amides is 1. The van der Waals surface area contributed by atoms with E-state index in [1.807, 2.05) is 6.07 Å². The first-order valence-electron chi connectivity index (χ1n) is 6.92. The van der Waals surface area contributed by atoms with Gasteiger partial charge in [-0.15, -0.1) is 0 Å². The summed E-state index contributed by atoms with van der Waals surface area (Å²) < 4.78 is 5.69. The summed E-state index contributed by atoms with van der Waals surface area (Å²) in [4.78, 5) is 11.3. The molecule has 0 saturated carbocycles. The van der Waals surface area contributed by atoms with Crippen molar-refractivity contribution in [2.24, 2.45) is 5.84 Å². The minimum absolute atomic E-state index is 0.0611. The molecule has 4 nitrogen and oxygen atoms in total. The molecule has 0 bridgehead atoms. The highest BCUT2D eigenvalue weighted by atomic mass is 16.5. The molecule has 0 atom stereocenters. The van der Waals surface area contributed by atoms with Gasteiger partial charge in [0.25, 0.3) is 0 Å². The van der Waals surface area contributed by atoms with Crippen molar-refractivity contribution >= 4 is 5.91 Å². The highest BCUT2D eigenvalue weighted by Gasteiger charge is 2.10. The first-order valence-corrected chi connectivity index (χ1v) is 6.92. The zero-order chi connectivity index (χ0) is 13.7. The van der Waals surface area contributed by atoms with Gasteiger partial charge in [0, 0.05) is 13.5 Å². The van der Waals surface area contributed by atoms with Crippen LogP contribution in [-0.4, -0.2) is 24.6 Å². The maximum Gasteiger partial charge on any atom is 0.236 e. The largest absolute Gasteiger partial charge is 0.494 e. The molecule has 0 spiro atoms. The number of carbonyl (C=O) groups is 1. The smallest absolute Gasteiger partial charge is 0.236 e. The highest BCUT2D eigenvalue weighted by molar-refractivity contribution is 5.75. The Labute approximate surface area is 114 Å². The number of hydrogen-bond donors (Lipinski definition) is 1. The van der Waals surface area contributed by atoms with E-state index in [1.165, 1.54) is 30.4 Å². The molecule has 0 unspecified atom stereocenters. The van der Waals surface area contributed by atoms with Crippen molar-refractivity contribution in [3.63, 3.8) is 0 Å². The molecule has 0 aromatic heterocycles. The summed E-state index contributed by atoms with van der Waals surface area (Å²) in [5.41, 5.74) is 2.88. The second-order valence-electron chi connectivity index (χ2n) is 5.09. The quantitative estimate of drug-likeness (QED) is 0.382. The summed E-state index contributed by atoms with van der Waals surface area (Å²) in [6.45, 7) is 0.554. The number of nitrogens with two attached hydrogens (primary N) is 1. The van der Waals surface area contributed by atoms with Crippen LogP contribution in [0.15, 0.2) is 18.2 Å². The summed E-state index contributed by atoms with van der Waals surface area (Å²) >= 11 is 0. The molecule has 19 heavy (non-hydrogen) atoms. The Kier molecular flexibility index (Phi) is 4.80. The van der Waals surface area contributed by atoms with E-state index in [9.17, 15) is 4.79 Å². The van der Waals surface area contributed by atoms with Gasteiger partial charge in [0.1, 0.15) is 5.75 Å². The van der Waals surface area contributed by atoms with Crippen LogP contribution in [0.25, 0.3) is 0 Å². The topological polar surface area (TPSA) is 55.6 Å². The van der Waals surface area contributed by atoms with Crippen molar-refractivity contribution in [1.29, 1.82) is 0 Å². The Hall–Kier alpha value is -1.55. The van der Waals surface area contributed by atoms with Crippen molar-refractivity contribution in [1.82, 2.24) is 5.01 Å². The molecule has 0 heterocycles. The SMILES string of the molecule is CN(N)C(=O)CCCOc1ccc2c(c1)CCCC2. The molecule has 1 aromatic carbocycles. The second kappa shape index (κ2) is 6.57. The van der Waals surface area contributed by atoms with Gasteiger partial charge >= 0.3 is 0 Å². The normalized spacial score (nSPS) is 13.8. The van der Waals surface area contributed by atoms with Crippen molar-refractivity contribution in [2.45, 2.75) is 38.5 Å². The molecule has 0 saturated heterocycles. The van der Waals surface area contributed by atoms with Crippen LogP contribution < -0.4 is 10.6 Å². The van der Waals surface area contributed by atoms with E-state index in [-0.39, 0.29) is 5.91 Å². The van der Waals surface area contributed by atoms with Crippen LogP contribution in [0.5, 0.6) is 5.75 Å². The van der Waals surface area contributed by atoms with Gasteiger partial charge in [-0.3, -0.25) is 9.80 Å². The third kappa shape index (κ3) is 3.96. The molecule has 1 aliphatic rings. The van der Waals surface area contributed by atoms with Crippen LogP contribution in [0, 0.1) is 0 Å². The predicted molar refractivity (Wildman–Crippen MR) is 74.8 cm³/mol. The number of benzene rings is 1. The lowest BCUT2D eigenvalue weighted by molar-refractivity contribution is -0.130. The third-order valence-corrected chi connectivity index (χ3v) is 3.52. The average molecular weight is 262 g/mol. The first-order chi connectivity index (χ1) is 9.16. The number of carbonyl (C=O) groups excluding carboxylic acids is 1. The number of rotatable bonds is 5. The maximum absolute atomic E-state index is 11.3. The van der Waals surface area contributed by atoms with Crippen LogP contribution in [0.4, 0.5) is 0 Å². The van der Waals surface area contributed by atoms with Crippen LogP contribution in [0.3, 0.4) is 0 Å². The minimum Gasteiger partial charge on any atom is -0.494 e. The van der Waals surface area contributed by atoms with Gasteiger partial charge in [-0.05, 0) is 55.4 Å². The lowest BCUT2D eigenvalue weighted by atomic mass is 9.92. The predicted octanol–water partition coefficient (Wildman–Crippen LogP) is 2.06. The number of nitrogens with zero attached hydrogens (tertiary/aromatic N) is 1. The third-order valence-electron chi connectivity index (χ3n) is 3.52. The van der Waals surface area contributed by atoms with Gasteiger partial charge in [-0.2, -0.15) is 0 Å². The zero-order valence-corrected chi connectivity index (χ0v) is 11.5. The zero-order valence-electron chi connectivity index (χ0n) is 11.5. The molecule has 1 aromatic rings. The van der Waals surface area contributed by atoms with Gasteiger partial charge in [0.2, 0.25) is 5.91 Å². The Morgan fingerprint density at radius 3 is 2.79 bits per heavy atom. The number of hydrogen-bond acceptors (Lipinski definition) is 3. The first kappa shape index (κ1) is 13.9. The summed E-state index contributed by atoms with van der Waals surface area (Å²) in [7, 11) is 1.56.